The maximum Gasteiger partial charge on any atom is 0.222 e. The van der Waals surface area contributed by atoms with Crippen molar-refractivity contribution in [1.82, 2.24) is 30.0 Å². The molecule has 3 aromatic heterocycles. The molecule has 0 fully saturated rings. The zero-order valence-electron chi connectivity index (χ0n) is 14.8. The number of nitrogens with zero attached hydrogens (tertiary/aromatic N) is 6. The van der Waals surface area contributed by atoms with Crippen LogP contribution < -0.4 is 5.73 Å². The lowest BCUT2D eigenvalue weighted by atomic mass is 10.0. The first-order chi connectivity index (χ1) is 13.6. The fourth-order valence-electron chi connectivity index (χ4n) is 3.35. The number of aryl methyl sites for hydroxylation is 1. The quantitative estimate of drug-likeness (QED) is 0.493. The predicted octanol–water partition coefficient (Wildman–Crippen LogP) is 3.95. The lowest BCUT2D eigenvalue weighted by Crippen LogP contribution is -2.05. The van der Waals surface area contributed by atoms with E-state index in [1.54, 1.807) is 10.7 Å². The predicted molar refractivity (Wildman–Crippen MR) is 109 cm³/mol. The Labute approximate surface area is 164 Å². The molecule has 0 amide bonds. The van der Waals surface area contributed by atoms with Gasteiger partial charge in [-0.1, -0.05) is 35.9 Å². The number of tetrazole rings is 1. The maximum atomic E-state index is 6.46. The summed E-state index contributed by atoms with van der Waals surface area (Å²) in [4.78, 5) is 9.03. The Morgan fingerprint density at radius 3 is 2.79 bits per heavy atom. The summed E-state index contributed by atoms with van der Waals surface area (Å²) in [5, 5.41) is 13.6. The van der Waals surface area contributed by atoms with Crippen LogP contribution >= 0.6 is 11.6 Å². The van der Waals surface area contributed by atoms with Gasteiger partial charge in [-0.15, -0.1) is 5.10 Å². The van der Waals surface area contributed by atoms with E-state index in [2.05, 4.69) is 38.5 Å². The third kappa shape index (κ3) is 2.48. The van der Waals surface area contributed by atoms with E-state index in [0.717, 1.165) is 27.6 Å². The second-order valence-corrected chi connectivity index (χ2v) is 6.86. The summed E-state index contributed by atoms with van der Waals surface area (Å²) in [6, 6.07) is 15.5. The number of nitrogens with two attached hydrogens (primary N) is 1. The highest BCUT2D eigenvalue weighted by Gasteiger charge is 2.20. The Kier molecular flexibility index (Phi) is 3.70. The highest BCUT2D eigenvalue weighted by molar-refractivity contribution is 6.33. The number of fused-ring (bicyclic) bond motifs is 2. The normalized spacial score (nSPS) is 11.4. The average Bonchev–Trinajstić information content (AvgIpc) is 3.19. The average molecular weight is 388 g/mol. The molecule has 0 atom stereocenters. The molecule has 7 nitrogen and oxygen atoms in total. The summed E-state index contributed by atoms with van der Waals surface area (Å²) in [5.74, 6) is 0.238. The first-order valence-corrected chi connectivity index (χ1v) is 8.99. The molecule has 8 heteroatoms. The lowest BCUT2D eigenvalue weighted by Gasteiger charge is -2.13. The Bertz CT molecular complexity index is 1360. The minimum Gasteiger partial charge on any atom is -0.380 e. The van der Waals surface area contributed by atoms with Crippen LogP contribution in [0.2, 0.25) is 5.02 Å². The Balaban J connectivity index is 1.90. The van der Waals surface area contributed by atoms with E-state index < -0.39 is 0 Å². The van der Waals surface area contributed by atoms with Crippen LogP contribution in [0, 0.1) is 6.92 Å². The second kappa shape index (κ2) is 6.24. The van der Waals surface area contributed by atoms with Crippen molar-refractivity contribution in [1.29, 1.82) is 0 Å². The fraction of sp³-hybridized carbons (Fsp3) is 0.0500. The number of aromatic nitrogens is 6. The van der Waals surface area contributed by atoms with Crippen LogP contribution in [0.15, 0.2) is 54.7 Å². The van der Waals surface area contributed by atoms with Gasteiger partial charge in [0.15, 0.2) is 5.82 Å². The van der Waals surface area contributed by atoms with Crippen molar-refractivity contribution in [2.75, 3.05) is 5.73 Å². The molecule has 3 heterocycles. The molecular formula is C20H14ClN7. The zero-order chi connectivity index (χ0) is 19.3. The topological polar surface area (TPSA) is 94.9 Å². The van der Waals surface area contributed by atoms with Crippen LogP contribution in [0.3, 0.4) is 0 Å². The highest BCUT2D eigenvalue weighted by atomic mass is 35.5. The van der Waals surface area contributed by atoms with Gasteiger partial charge in [0, 0.05) is 22.7 Å². The van der Waals surface area contributed by atoms with Gasteiger partial charge >= 0.3 is 0 Å². The molecule has 136 valence electrons. The van der Waals surface area contributed by atoms with Crippen molar-refractivity contribution in [2.24, 2.45) is 0 Å². The molecule has 2 aromatic carbocycles. The van der Waals surface area contributed by atoms with Crippen LogP contribution in [0.4, 0.5) is 5.82 Å². The van der Waals surface area contributed by atoms with Gasteiger partial charge in [0.2, 0.25) is 5.65 Å². The van der Waals surface area contributed by atoms with Crippen LogP contribution in [-0.4, -0.2) is 30.0 Å². The summed E-state index contributed by atoms with van der Waals surface area (Å²) < 4.78 is 1.61. The molecule has 0 spiro atoms. The van der Waals surface area contributed by atoms with E-state index in [1.165, 1.54) is 0 Å². The molecular weight excluding hydrogens is 374 g/mol. The molecule has 0 bridgehead atoms. The largest absolute Gasteiger partial charge is 0.380 e. The lowest BCUT2D eigenvalue weighted by molar-refractivity contribution is 0.827. The van der Waals surface area contributed by atoms with Crippen molar-refractivity contribution in [2.45, 2.75) is 6.92 Å². The van der Waals surface area contributed by atoms with Gasteiger partial charge in [-0.25, -0.2) is 4.98 Å². The van der Waals surface area contributed by atoms with E-state index in [9.17, 15) is 0 Å². The van der Waals surface area contributed by atoms with Crippen LogP contribution in [0.1, 0.15) is 5.56 Å². The monoisotopic (exact) mass is 387 g/mol. The third-order valence-electron chi connectivity index (χ3n) is 4.73. The van der Waals surface area contributed by atoms with Crippen molar-refractivity contribution >= 4 is 34.0 Å². The summed E-state index contributed by atoms with van der Waals surface area (Å²) in [5.41, 5.74) is 11.5. The zero-order valence-corrected chi connectivity index (χ0v) is 15.6. The van der Waals surface area contributed by atoms with Gasteiger partial charge in [0.1, 0.15) is 11.4 Å². The summed E-state index contributed by atoms with van der Waals surface area (Å²) >= 11 is 6.46. The molecule has 5 aromatic rings. The van der Waals surface area contributed by atoms with Gasteiger partial charge in [0.05, 0.1) is 10.5 Å². The SMILES string of the molecule is Cc1ccnc2ccc(-c3c(-c4ccccc4Cl)nc(N)c4nnnn34)cc12. The minimum absolute atomic E-state index is 0.238. The number of anilines is 1. The Hall–Kier alpha value is -3.58. The number of nitrogen functional groups attached to an aromatic ring is 1. The number of hydrogen-bond donors (Lipinski definition) is 1. The molecule has 0 unspecified atom stereocenters. The van der Waals surface area contributed by atoms with Gasteiger partial charge in [-0.3, -0.25) is 4.98 Å². The molecule has 0 aliphatic rings. The van der Waals surface area contributed by atoms with Gasteiger partial charge < -0.3 is 5.73 Å². The first-order valence-electron chi connectivity index (χ1n) is 8.61. The van der Waals surface area contributed by atoms with E-state index in [1.807, 2.05) is 42.5 Å². The summed E-state index contributed by atoms with van der Waals surface area (Å²) in [7, 11) is 0. The smallest absolute Gasteiger partial charge is 0.222 e. The Morgan fingerprint density at radius 1 is 1.07 bits per heavy atom. The first kappa shape index (κ1) is 16.6. The highest BCUT2D eigenvalue weighted by Crippen LogP contribution is 2.36. The molecule has 5 rings (SSSR count). The van der Waals surface area contributed by atoms with Gasteiger partial charge in [0.25, 0.3) is 0 Å². The second-order valence-electron chi connectivity index (χ2n) is 6.45. The van der Waals surface area contributed by atoms with Crippen molar-refractivity contribution in [3.8, 4) is 22.5 Å². The van der Waals surface area contributed by atoms with Crippen molar-refractivity contribution in [3.05, 3.63) is 65.3 Å². The number of halogens is 1. The third-order valence-corrected chi connectivity index (χ3v) is 5.06. The number of pyridine rings is 1. The van der Waals surface area contributed by atoms with Crippen molar-refractivity contribution in [3.63, 3.8) is 0 Å². The summed E-state index contributed by atoms with van der Waals surface area (Å²) in [6.07, 6.45) is 1.80. The molecule has 2 N–H and O–H groups in total. The van der Waals surface area contributed by atoms with Crippen molar-refractivity contribution < 1.29 is 0 Å². The molecule has 0 radical (unpaired) electrons. The molecule has 28 heavy (non-hydrogen) atoms. The summed E-state index contributed by atoms with van der Waals surface area (Å²) in [6.45, 7) is 2.05. The number of rotatable bonds is 2. The molecule has 0 aliphatic heterocycles. The minimum atomic E-state index is 0.238. The standard InChI is InChI=1S/C20H14ClN7/c1-11-8-9-23-16-7-6-12(10-14(11)16)18-17(13-4-2-3-5-15(13)21)24-19(22)20-25-26-27-28(18)20/h2-10H,1H3,(H2,22,24). The van der Waals surface area contributed by atoms with Crippen LogP contribution in [-0.2, 0) is 0 Å². The number of hydrogen-bond acceptors (Lipinski definition) is 6. The van der Waals surface area contributed by atoms with Crippen LogP contribution in [0.5, 0.6) is 0 Å². The number of benzene rings is 2. The molecule has 0 saturated carbocycles. The molecule has 0 saturated heterocycles. The Morgan fingerprint density at radius 2 is 1.93 bits per heavy atom. The van der Waals surface area contributed by atoms with E-state index in [-0.39, 0.29) is 5.82 Å². The van der Waals surface area contributed by atoms with E-state index in [4.69, 9.17) is 17.3 Å². The van der Waals surface area contributed by atoms with Crippen LogP contribution in [0.25, 0.3) is 39.1 Å². The van der Waals surface area contributed by atoms with E-state index >= 15 is 0 Å². The fourth-order valence-corrected chi connectivity index (χ4v) is 3.58. The van der Waals surface area contributed by atoms with Gasteiger partial charge in [-0.2, -0.15) is 4.52 Å². The maximum absolute atomic E-state index is 6.46. The molecule has 0 aliphatic carbocycles. The van der Waals surface area contributed by atoms with Gasteiger partial charge in [-0.05, 0) is 47.2 Å². The van der Waals surface area contributed by atoms with E-state index in [0.29, 0.717) is 22.1 Å².